The number of pyridine rings is 8. The van der Waals surface area contributed by atoms with Crippen molar-refractivity contribution in [1.82, 2.24) is 95.4 Å². The third-order valence-corrected chi connectivity index (χ3v) is 24.2. The molecule has 30 nitrogen and oxygen atoms in total. The van der Waals surface area contributed by atoms with Gasteiger partial charge in [-0.3, -0.25) is 89.2 Å². The van der Waals surface area contributed by atoms with Crippen molar-refractivity contribution in [3.05, 3.63) is 307 Å². The number of aromatic amines is 4. The van der Waals surface area contributed by atoms with Crippen LogP contribution in [0.4, 0.5) is 50.4 Å². The summed E-state index contributed by atoms with van der Waals surface area (Å²) >= 11 is 0. The number of para-hydroxylation sites is 1. The molecule has 4 saturated heterocycles. The largest absolute Gasteiger partial charge is 0.436 e. The molecule has 137 heavy (non-hydrogen) atoms. The van der Waals surface area contributed by atoms with E-state index in [1.54, 1.807) is 90.9 Å². The van der Waals surface area contributed by atoms with Gasteiger partial charge in [-0.05, 0) is 213 Å². The monoisotopic (exact) mass is 1850 g/mol. The second kappa shape index (κ2) is 40.9. The molecule has 0 atom stereocenters. The Morgan fingerprint density at radius 3 is 1.12 bits per heavy atom. The maximum atomic E-state index is 13.8. The van der Waals surface area contributed by atoms with Crippen LogP contribution in [0.3, 0.4) is 0 Å². The van der Waals surface area contributed by atoms with Crippen LogP contribution in [0, 0.1) is 26.6 Å². The molecule has 0 saturated carbocycles. The minimum atomic E-state index is -2.62. The molecule has 17 aromatic rings. The number of fused-ring (bicyclic) bond motifs is 4. The topological polar surface area (TPSA) is 377 Å². The summed E-state index contributed by atoms with van der Waals surface area (Å²) in [5, 5.41) is 52.5. The molecule has 21 rings (SSSR count). The van der Waals surface area contributed by atoms with Crippen molar-refractivity contribution in [2.45, 2.75) is 103 Å². The molecule has 0 unspecified atom stereocenters. The Balaban J connectivity index is 0.000000122. The number of H-pyrrole nitrogens is 4. The second-order valence-electron chi connectivity index (χ2n) is 34.5. The van der Waals surface area contributed by atoms with Gasteiger partial charge in [0.15, 0.2) is 34.3 Å². The predicted molar refractivity (Wildman–Crippen MR) is 513 cm³/mol. The summed E-state index contributed by atoms with van der Waals surface area (Å²) in [6.45, 7) is 12.2. The van der Waals surface area contributed by atoms with E-state index >= 15 is 0 Å². The van der Waals surface area contributed by atoms with Crippen LogP contribution in [0.5, 0.6) is 11.6 Å². The number of anilines is 5. The number of nitrogens with zero attached hydrogens (tertiary/aromatic N) is 16. The fourth-order valence-electron chi connectivity index (χ4n) is 16.8. The van der Waals surface area contributed by atoms with Crippen LogP contribution in [0.2, 0.25) is 0 Å². The first-order chi connectivity index (χ1) is 66.4. The highest BCUT2D eigenvalue weighted by molar-refractivity contribution is 6.14. The number of alkyl halides is 4. The van der Waals surface area contributed by atoms with E-state index in [9.17, 15) is 46.2 Å². The lowest BCUT2D eigenvalue weighted by Crippen LogP contribution is -2.38. The van der Waals surface area contributed by atoms with E-state index in [0.29, 0.717) is 77.3 Å². The molecule has 4 aliphatic heterocycles. The average molecular weight is 1850 g/mol. The van der Waals surface area contributed by atoms with Crippen LogP contribution in [0.1, 0.15) is 121 Å². The second-order valence-corrected chi connectivity index (χ2v) is 34.5. The number of aryl methyl sites for hydroxylation is 3. The Kier molecular flexibility index (Phi) is 27.4. The fraction of sp³-hybridized carbons (Fsp3) is 0.235. The number of halogens is 5. The number of piperidine rings is 2. The number of carbonyl (C=O) groups excluding carboxylic acids is 4. The van der Waals surface area contributed by atoms with Crippen LogP contribution in [-0.4, -0.2) is 194 Å². The summed E-state index contributed by atoms with van der Waals surface area (Å²) in [7, 11) is 0. The number of likely N-dealkylation sites (tertiary alicyclic amines) is 3. The van der Waals surface area contributed by atoms with Crippen LogP contribution in [0.15, 0.2) is 244 Å². The van der Waals surface area contributed by atoms with Crippen LogP contribution >= 0.6 is 0 Å². The van der Waals surface area contributed by atoms with Gasteiger partial charge in [0.05, 0.1) is 94.1 Å². The predicted octanol–water partition coefficient (Wildman–Crippen LogP) is 18.6. The molecule has 9 N–H and O–H groups in total. The number of rotatable bonds is 21. The molecule has 16 heterocycles. The van der Waals surface area contributed by atoms with E-state index in [2.05, 4.69) is 124 Å². The Hall–Kier alpha value is -15.9. The Labute approximate surface area is 782 Å². The van der Waals surface area contributed by atoms with Gasteiger partial charge in [0, 0.05) is 195 Å². The lowest BCUT2D eigenvalue weighted by Gasteiger charge is -2.31. The van der Waals surface area contributed by atoms with Gasteiger partial charge in [0.25, 0.3) is 35.5 Å². The van der Waals surface area contributed by atoms with E-state index in [0.717, 1.165) is 157 Å². The SMILES string of the molecule is Cc1ccc(NC(=O)c2n[nH]c3ccc(-c4cncc(CN5CCC(F)(F)C5)c4)cc23)cn1.Cc1ccc(NC(=O)c2n[nH]c3ccc(-c4cncc(CN5CCC(F)(F)CC5)c4)cc23)cn1.Cc1ccc(NC(=O)c2n[nH]c3ccc(-c4cncc(N5CCCC5)c4)cc23)cn1.O=C(Nc1ccc(Oc2ccccc2F)nc1)c1n[nH]c2ccc(-c3cncc(CN4CCC(O)CC4)c3)cc12. The number of aromatic nitrogens is 16. The van der Waals surface area contributed by atoms with Crippen molar-refractivity contribution in [2.75, 3.05) is 78.5 Å². The van der Waals surface area contributed by atoms with Gasteiger partial charge in [0.1, 0.15) is 0 Å². The smallest absolute Gasteiger partial charge is 0.276 e. The highest BCUT2D eigenvalue weighted by Gasteiger charge is 2.38. The van der Waals surface area contributed by atoms with Crippen LogP contribution < -0.4 is 30.9 Å². The first-order valence-electron chi connectivity index (χ1n) is 44.9. The molecule has 4 fully saturated rings. The molecule has 35 heteroatoms. The lowest BCUT2D eigenvalue weighted by atomic mass is 10.0. The molecule has 4 amide bonds. The summed E-state index contributed by atoms with van der Waals surface area (Å²) in [5.74, 6) is -6.74. The van der Waals surface area contributed by atoms with E-state index < -0.39 is 23.6 Å². The molecule has 5 aromatic carbocycles. The number of amides is 4. The van der Waals surface area contributed by atoms with Gasteiger partial charge in [0.2, 0.25) is 5.88 Å². The minimum absolute atomic E-state index is 0.0673. The van der Waals surface area contributed by atoms with Crippen molar-refractivity contribution >= 4 is 95.7 Å². The van der Waals surface area contributed by atoms with E-state index in [1.807, 2.05) is 153 Å². The first-order valence-corrected chi connectivity index (χ1v) is 44.9. The van der Waals surface area contributed by atoms with Crippen molar-refractivity contribution in [3.63, 3.8) is 0 Å². The van der Waals surface area contributed by atoms with Crippen molar-refractivity contribution in [1.29, 1.82) is 0 Å². The Morgan fingerprint density at radius 1 is 0.387 bits per heavy atom. The quantitative estimate of drug-likeness (QED) is 0.0302. The number of ether oxygens (including phenoxy) is 1. The summed E-state index contributed by atoms with van der Waals surface area (Å²) in [4.78, 5) is 94.4. The number of aliphatic hydroxyl groups excluding tert-OH is 1. The molecule has 0 spiro atoms. The minimum Gasteiger partial charge on any atom is -0.436 e. The molecule has 12 aromatic heterocycles. The van der Waals surface area contributed by atoms with Gasteiger partial charge in [-0.1, -0.05) is 36.4 Å². The standard InChI is InChI=1S/C30H27FN6O3.C25H24F2N6O.C24H22F2N6O.C23H22N6O/c31-25-3-1-2-4-27(25)40-28-8-6-22(17-33-28)34-30(39)29-24-14-20(5-7-26(24)35-36-29)21-13-19(15-32-16-21)18-37-11-9-23(38)10-12-37;1-16-2-4-20(14-29-16)30-24(34)23-21-11-18(3-5-22(21)31-32-23)19-10-17(12-28-13-19)15-33-8-6-25(26,27)7-9-33;1-15-2-4-19(12-28-15)29-23(33)22-20-9-17(3-5-21(20)30-31-22)18-8-16(10-27-11-18)13-32-7-6-24(25,26)14-32;1-15-4-6-18(13-25-15)26-23(30)22-20-11-16(5-7-21(20)27-28-22)17-10-19(14-24-12-17)29-8-2-3-9-29/h1-8,13-17,23,38H,9-12,18H2,(H,34,39)(H,35,36);2-5,10-14H,6-9,15H2,1H3,(H,30,34)(H,31,32);2-5,8-12H,6-7,13-14H2,1H3,(H,29,33)(H,30,31);4-7,10-14H,2-3,8-9H2,1H3,(H,26,30)(H,27,28). The Morgan fingerprint density at radius 2 is 0.745 bits per heavy atom. The maximum absolute atomic E-state index is 13.8. The molecule has 0 aliphatic carbocycles. The molecule has 694 valence electrons. The van der Waals surface area contributed by atoms with Gasteiger partial charge < -0.3 is 36.0 Å². The molecular formula is C102H95F5N24O6. The van der Waals surface area contributed by atoms with Gasteiger partial charge >= 0.3 is 0 Å². The first kappa shape index (κ1) is 91.6. The normalized spacial score (nSPS) is 14.9. The summed E-state index contributed by atoms with van der Waals surface area (Å²) < 4.78 is 73.3. The third kappa shape index (κ3) is 22.8. The number of benzene rings is 5. The Bertz CT molecular complexity index is 7200. The van der Waals surface area contributed by atoms with E-state index in [-0.39, 0.29) is 78.3 Å². The average Bonchev–Trinajstić information content (AvgIpc) is 1.67. The zero-order valence-electron chi connectivity index (χ0n) is 74.9. The summed E-state index contributed by atoms with van der Waals surface area (Å²) in [5.41, 5.74) is 20.5. The van der Waals surface area contributed by atoms with E-state index in [1.165, 1.54) is 31.2 Å². The highest BCUT2D eigenvalue weighted by Crippen LogP contribution is 2.37. The van der Waals surface area contributed by atoms with Gasteiger partial charge in [-0.2, -0.15) is 20.4 Å². The van der Waals surface area contributed by atoms with Gasteiger partial charge in [-0.15, -0.1) is 0 Å². The van der Waals surface area contributed by atoms with Crippen LogP contribution in [0.25, 0.3) is 88.1 Å². The lowest BCUT2D eigenvalue weighted by molar-refractivity contribution is -0.0566. The maximum Gasteiger partial charge on any atom is 0.276 e. The third-order valence-electron chi connectivity index (χ3n) is 24.2. The van der Waals surface area contributed by atoms with E-state index in [4.69, 9.17) is 4.74 Å². The molecule has 0 radical (unpaired) electrons. The summed E-state index contributed by atoms with van der Waals surface area (Å²) in [6.07, 6.45) is 24.2. The van der Waals surface area contributed by atoms with Gasteiger partial charge in [-0.25, -0.2) is 26.9 Å². The zero-order chi connectivity index (χ0) is 94.7. The number of hydrogen-bond donors (Lipinski definition) is 9. The number of carbonyl (C=O) groups is 4. The van der Waals surface area contributed by atoms with Crippen molar-refractivity contribution in [3.8, 4) is 56.1 Å². The van der Waals surface area contributed by atoms with Crippen molar-refractivity contribution < 1.29 is 51.0 Å². The number of nitrogens with one attached hydrogen (secondary N) is 8. The molecule has 4 aliphatic rings. The van der Waals surface area contributed by atoms with Crippen molar-refractivity contribution in [2.24, 2.45) is 0 Å². The fourth-order valence-corrected chi connectivity index (χ4v) is 16.8. The number of aliphatic hydroxyl groups is 1. The van der Waals surface area contributed by atoms with Crippen LogP contribution in [-0.2, 0) is 19.6 Å². The molecule has 0 bridgehead atoms. The zero-order valence-corrected chi connectivity index (χ0v) is 74.9. The summed E-state index contributed by atoms with van der Waals surface area (Å²) in [6, 6.07) is 51.5. The highest BCUT2D eigenvalue weighted by atomic mass is 19.3. The number of hydrogen-bond acceptors (Lipinski definition) is 22. The molecular weight excluding hydrogens is 1750 g/mol.